The number of carboxylic acid groups (broad SMARTS) is 5. The lowest BCUT2D eigenvalue weighted by molar-refractivity contribution is 0.0688. The fourth-order valence-electron chi connectivity index (χ4n) is 12.4. The molecule has 5 heterocycles. The predicted molar refractivity (Wildman–Crippen MR) is 520 cm³/mol. The van der Waals surface area contributed by atoms with E-state index in [2.05, 4.69) is 49.1 Å². The van der Waals surface area contributed by atoms with E-state index in [0.717, 1.165) is 77.7 Å². The summed E-state index contributed by atoms with van der Waals surface area (Å²) in [6, 6.07) is 70.2. The summed E-state index contributed by atoms with van der Waals surface area (Å²) in [5, 5.41) is 74.1. The molecule has 0 saturated carbocycles. The molecule has 128 heavy (non-hydrogen) atoms. The second kappa shape index (κ2) is 43.5. The van der Waals surface area contributed by atoms with Crippen molar-refractivity contribution in [2.45, 2.75) is 32.6 Å². The number of amides is 4. The summed E-state index contributed by atoms with van der Waals surface area (Å²) in [6.45, 7) is 11.7. The van der Waals surface area contributed by atoms with Gasteiger partial charge in [0.05, 0.1) is 26.1 Å². The molecule has 0 spiro atoms. The molecule has 0 bridgehead atoms. The number of rotatable bonds is 22. The van der Waals surface area contributed by atoms with E-state index in [0.29, 0.717) is 80.3 Å². The minimum atomic E-state index is -3.36. The average molecular weight is 1970 g/mol. The third-order valence-corrected chi connectivity index (χ3v) is 26.3. The van der Waals surface area contributed by atoms with Crippen LogP contribution in [0.4, 0.5) is 25.0 Å². The molecule has 0 radical (unpaired) electrons. The van der Waals surface area contributed by atoms with Crippen molar-refractivity contribution < 1.29 is 77.1 Å². The number of nitrogens with one attached hydrogen (secondary N) is 5. The second-order valence-electron chi connectivity index (χ2n) is 27.9. The van der Waals surface area contributed by atoms with Gasteiger partial charge in [0.1, 0.15) is 52.8 Å². The van der Waals surface area contributed by atoms with Gasteiger partial charge in [-0.05, 0) is 146 Å². The van der Waals surface area contributed by atoms with E-state index in [9.17, 15) is 77.1 Å². The van der Waals surface area contributed by atoms with Gasteiger partial charge in [-0.3, -0.25) is 19.2 Å². The summed E-state index contributed by atoms with van der Waals surface area (Å²) in [5.74, 6) is -7.11. The minimum absolute atomic E-state index is 0.00780. The van der Waals surface area contributed by atoms with Crippen LogP contribution in [0.3, 0.4) is 0 Å². The zero-order chi connectivity index (χ0) is 92.4. The van der Waals surface area contributed by atoms with Gasteiger partial charge in [-0.2, -0.15) is 0 Å². The Kier molecular flexibility index (Phi) is 32.5. The van der Waals surface area contributed by atoms with Gasteiger partial charge >= 0.3 is 29.8 Å². The lowest BCUT2D eigenvalue weighted by Gasteiger charge is -2.11. The number of sulfone groups is 1. The number of halogens is 5. The summed E-state index contributed by atoms with van der Waals surface area (Å²) in [4.78, 5) is 109. The normalized spacial score (nSPS) is 10.6. The van der Waals surface area contributed by atoms with Crippen LogP contribution in [-0.4, -0.2) is 93.7 Å². The number of anilines is 5. The first-order valence-corrected chi connectivity index (χ1v) is 46.4. The van der Waals surface area contributed by atoms with E-state index in [-0.39, 0.29) is 59.2 Å². The highest BCUT2D eigenvalue weighted by Gasteiger charge is 2.28. The lowest BCUT2D eigenvalue weighted by Crippen LogP contribution is -2.14. The number of carboxylic acids is 5. The summed E-state index contributed by atoms with van der Waals surface area (Å²) in [7, 11) is -3.36. The number of aromatic carboxylic acids is 5. The van der Waals surface area contributed by atoms with Crippen LogP contribution in [0.25, 0.3) is 61.3 Å². The number of carbonyl (C=O) groups excluding carboxylic acids is 4. The van der Waals surface area contributed by atoms with Crippen LogP contribution in [0.1, 0.15) is 121 Å². The largest absolute Gasteiger partial charge is 0.478 e. The number of carbonyl (C=O) groups is 9. The van der Waals surface area contributed by atoms with Crippen LogP contribution in [0, 0.1) is 27.7 Å². The number of hydrogen-bond donors (Lipinski definition) is 10. The fraction of sp³-hybridized carbons (Fsp3) is 0.0521. The summed E-state index contributed by atoms with van der Waals surface area (Å²) >= 11 is 33.5. The van der Waals surface area contributed by atoms with Crippen molar-refractivity contribution in [2.24, 2.45) is 0 Å². The fourth-order valence-corrected chi connectivity index (χ4v) is 18.9. The first-order chi connectivity index (χ1) is 61.0. The SMILES string of the molecule is C=C(Nc1scc(-c2ccc(Cl)cc2)c1C(=O)O)c1ccccc1Cl.CS(=O)(=O)c1ccc(C(=O)Nc2scc(-c3ccc(Br)cc3)c2C(=O)O)cc1.Cc1ccc(-c2csc(NC(=O)c3ccccc3C)c2C(=O)O)cc1.Cc1ccc(-c2csc(NC(=O)c3ccccc3Cl)c2C(=O)O)cc1.Cc1ccc(-c2csc(NC(=O)c3ccccc3Cl)c2C(=O)O)cc1. The van der Waals surface area contributed by atoms with Crippen LogP contribution in [0.2, 0.25) is 20.1 Å². The lowest BCUT2D eigenvalue weighted by atomic mass is 10.0. The molecule has 0 fully saturated rings. The molecule has 4 amide bonds. The van der Waals surface area contributed by atoms with Crippen LogP contribution in [-0.2, 0) is 9.84 Å². The summed E-state index contributed by atoms with van der Waals surface area (Å²) in [6.07, 6.45) is 1.08. The average Bonchev–Trinajstić information content (AvgIpc) is 1.67. The molecule has 10 aromatic carbocycles. The smallest absolute Gasteiger partial charge is 0.339 e. The van der Waals surface area contributed by atoms with Crippen LogP contribution in [0.15, 0.2) is 286 Å². The van der Waals surface area contributed by atoms with Gasteiger partial charge in [0.15, 0.2) is 9.84 Å². The highest BCUT2D eigenvalue weighted by atomic mass is 79.9. The monoisotopic (exact) mass is 1960 g/mol. The number of hydrogen-bond acceptors (Lipinski definition) is 17. The van der Waals surface area contributed by atoms with E-state index in [1.54, 1.807) is 142 Å². The van der Waals surface area contributed by atoms with Gasteiger partial charge in [-0.1, -0.05) is 243 Å². The van der Waals surface area contributed by atoms with Crippen molar-refractivity contribution in [3.63, 3.8) is 0 Å². The molecule has 0 unspecified atom stereocenters. The standard InChI is InChI=1S/C20H17NO3S.C19H14BrNO5S2.C19H13Cl2NO2S.2C19H14ClNO3S/c1-12-7-9-14(10-8-12)16-11-25-19(17(16)20(23)24)21-18(22)15-6-4-3-5-13(15)2;1-28(25,26)14-8-4-12(5-9-14)17(22)21-18-16(19(23)24)15(10-27-18)11-2-6-13(20)7-3-11;1-11(14-4-2-3-5-16(14)21)22-18-17(19(23)24)15(10-25-18)12-6-8-13(20)9-7-12;2*1-11-6-8-12(9-7-11)14-10-25-18(16(14)19(23)24)21-17(22)13-4-2-3-5-15(13)20/h3-11H,1-2H3,(H,21,22)(H,23,24);2-10H,1H3,(H,21,22)(H,23,24);2-10,22H,1H2,(H,23,24);2*2-10H,1H3,(H,21,22)(H,23,24). The topological polar surface area (TPSA) is 349 Å². The maximum atomic E-state index is 12.5. The van der Waals surface area contributed by atoms with Crippen molar-refractivity contribution in [1.82, 2.24) is 0 Å². The molecule has 32 heteroatoms. The molecule has 15 aromatic rings. The Morgan fingerprint density at radius 3 is 0.875 bits per heavy atom. The van der Waals surface area contributed by atoms with Crippen molar-refractivity contribution in [3.8, 4) is 55.6 Å². The van der Waals surface area contributed by atoms with Gasteiger partial charge in [-0.15, -0.1) is 56.7 Å². The number of benzene rings is 10. The second-order valence-corrected chi connectivity index (χ2v) is 36.9. The molecule has 5 aromatic heterocycles. The number of thiophene rings is 5. The molecule has 0 saturated heterocycles. The van der Waals surface area contributed by atoms with Crippen LogP contribution < -0.4 is 26.6 Å². The van der Waals surface area contributed by atoms with E-state index >= 15 is 0 Å². The van der Waals surface area contributed by atoms with Crippen molar-refractivity contribution in [1.29, 1.82) is 0 Å². The highest BCUT2D eigenvalue weighted by Crippen LogP contribution is 2.43. The van der Waals surface area contributed by atoms with Gasteiger partial charge < -0.3 is 52.1 Å². The molecule has 0 aliphatic rings. The Labute approximate surface area is 782 Å². The maximum Gasteiger partial charge on any atom is 0.339 e. The van der Waals surface area contributed by atoms with Crippen molar-refractivity contribution in [2.75, 3.05) is 32.8 Å². The van der Waals surface area contributed by atoms with E-state index < -0.39 is 57.4 Å². The molecule has 0 aliphatic heterocycles. The van der Waals surface area contributed by atoms with E-state index in [1.807, 2.05) is 131 Å². The molecular weight excluding hydrogens is 1890 g/mol. The molecule has 0 atom stereocenters. The Balaban J connectivity index is 0.000000155. The summed E-state index contributed by atoms with van der Waals surface area (Å²) in [5.41, 5.74) is 14.0. The molecule has 648 valence electrons. The van der Waals surface area contributed by atoms with Crippen molar-refractivity contribution >= 4 is 213 Å². The van der Waals surface area contributed by atoms with Crippen molar-refractivity contribution in [3.05, 3.63) is 379 Å². The quantitative estimate of drug-likeness (QED) is 0.0301. The zero-order valence-electron chi connectivity index (χ0n) is 67.8. The summed E-state index contributed by atoms with van der Waals surface area (Å²) < 4.78 is 23.9. The minimum Gasteiger partial charge on any atom is -0.478 e. The van der Waals surface area contributed by atoms with Crippen LogP contribution in [0.5, 0.6) is 0 Å². The first kappa shape index (κ1) is 95.7. The Morgan fingerprint density at radius 1 is 0.320 bits per heavy atom. The van der Waals surface area contributed by atoms with Gasteiger partial charge in [0.2, 0.25) is 0 Å². The Bertz CT molecular complexity index is 6210. The van der Waals surface area contributed by atoms with Gasteiger partial charge in [0.25, 0.3) is 23.6 Å². The highest BCUT2D eigenvalue weighted by molar-refractivity contribution is 9.10. The first-order valence-electron chi connectivity index (χ1n) is 37.8. The Morgan fingerprint density at radius 2 is 0.578 bits per heavy atom. The molecular formula is C96H72BrCl4N5O16S6. The Hall–Kier alpha value is -12.9. The number of aryl methyl sites for hydroxylation is 4. The molecule has 10 N–H and O–H groups in total. The third kappa shape index (κ3) is 24.2. The van der Waals surface area contributed by atoms with Crippen LogP contribution >= 0.6 is 119 Å². The molecule has 21 nitrogen and oxygen atoms in total. The zero-order valence-corrected chi connectivity index (χ0v) is 77.3. The predicted octanol–water partition coefficient (Wildman–Crippen LogP) is 26.7. The van der Waals surface area contributed by atoms with E-state index in [1.165, 1.54) is 69.6 Å². The van der Waals surface area contributed by atoms with Gasteiger partial charge in [-0.25, -0.2) is 32.4 Å². The maximum absolute atomic E-state index is 12.5. The van der Waals surface area contributed by atoms with E-state index in [4.69, 9.17) is 46.4 Å². The third-order valence-electron chi connectivity index (χ3n) is 19.0. The van der Waals surface area contributed by atoms with Gasteiger partial charge in [0, 0.05) is 97.9 Å². The molecule has 0 aliphatic carbocycles. The molecule has 15 rings (SSSR count).